The quantitative estimate of drug-likeness (QED) is 0.901. The van der Waals surface area contributed by atoms with Crippen LogP contribution >= 0.6 is 27.5 Å². The van der Waals surface area contributed by atoms with Crippen molar-refractivity contribution in [1.29, 1.82) is 0 Å². The number of halogens is 3. The highest BCUT2D eigenvalue weighted by atomic mass is 79.9. The van der Waals surface area contributed by atoms with E-state index in [1.54, 1.807) is 6.07 Å². The maximum absolute atomic E-state index is 13.4. The molecule has 0 amide bonds. The highest BCUT2D eigenvalue weighted by molar-refractivity contribution is 9.10. The number of nitrogens with two attached hydrogens (primary N) is 1. The highest BCUT2D eigenvalue weighted by Gasteiger charge is 2.18. The van der Waals surface area contributed by atoms with Gasteiger partial charge in [-0.2, -0.15) is 0 Å². The Kier molecular flexibility index (Phi) is 4.45. The van der Waals surface area contributed by atoms with E-state index in [0.29, 0.717) is 21.9 Å². The van der Waals surface area contributed by atoms with E-state index in [-0.39, 0.29) is 5.82 Å². The molecule has 1 atom stereocenters. The van der Waals surface area contributed by atoms with Crippen molar-refractivity contribution in [3.05, 3.63) is 62.8 Å². The van der Waals surface area contributed by atoms with Crippen LogP contribution < -0.4 is 10.5 Å². The van der Waals surface area contributed by atoms with Crippen LogP contribution in [0.2, 0.25) is 5.02 Å². The van der Waals surface area contributed by atoms with E-state index in [1.165, 1.54) is 19.2 Å². The first-order chi connectivity index (χ1) is 9.04. The first kappa shape index (κ1) is 14.3. The number of hydrogen-bond acceptors (Lipinski definition) is 2. The molecule has 19 heavy (non-hydrogen) atoms. The third kappa shape index (κ3) is 2.91. The number of rotatable bonds is 3. The van der Waals surface area contributed by atoms with Crippen molar-refractivity contribution in [2.24, 2.45) is 5.73 Å². The van der Waals surface area contributed by atoms with Gasteiger partial charge in [-0.15, -0.1) is 0 Å². The molecule has 2 rings (SSSR count). The molecule has 0 fully saturated rings. The molecule has 0 bridgehead atoms. The fraction of sp³-hybridized carbons (Fsp3) is 0.143. The van der Waals surface area contributed by atoms with Gasteiger partial charge >= 0.3 is 0 Å². The van der Waals surface area contributed by atoms with E-state index >= 15 is 0 Å². The van der Waals surface area contributed by atoms with Gasteiger partial charge in [0.25, 0.3) is 0 Å². The van der Waals surface area contributed by atoms with Crippen LogP contribution in [-0.2, 0) is 0 Å². The maximum Gasteiger partial charge on any atom is 0.124 e. The third-order valence-electron chi connectivity index (χ3n) is 2.84. The lowest BCUT2D eigenvalue weighted by Crippen LogP contribution is -2.14. The standard InChI is InChI=1S/C14H12BrClFNO/c1-19-12-6-5-8(17)7-10(12)14(18)9-3-2-4-11(15)13(9)16/h2-7,14H,18H2,1H3. The van der Waals surface area contributed by atoms with E-state index in [1.807, 2.05) is 18.2 Å². The molecule has 2 aromatic carbocycles. The predicted octanol–water partition coefficient (Wildman–Crippen LogP) is 4.30. The Morgan fingerprint density at radius 2 is 2.00 bits per heavy atom. The van der Waals surface area contributed by atoms with Crippen molar-refractivity contribution < 1.29 is 9.13 Å². The molecule has 2 nitrogen and oxygen atoms in total. The maximum atomic E-state index is 13.4. The summed E-state index contributed by atoms with van der Waals surface area (Å²) in [7, 11) is 1.52. The van der Waals surface area contributed by atoms with Crippen molar-refractivity contribution in [1.82, 2.24) is 0 Å². The summed E-state index contributed by atoms with van der Waals surface area (Å²) in [6, 6.07) is 9.14. The topological polar surface area (TPSA) is 35.2 Å². The van der Waals surface area contributed by atoms with Gasteiger partial charge in [-0.25, -0.2) is 4.39 Å². The Morgan fingerprint density at radius 1 is 1.26 bits per heavy atom. The molecule has 0 saturated carbocycles. The zero-order valence-corrected chi connectivity index (χ0v) is 12.5. The van der Waals surface area contributed by atoms with Crippen LogP contribution in [0.1, 0.15) is 17.2 Å². The van der Waals surface area contributed by atoms with Gasteiger partial charge in [0.05, 0.1) is 18.2 Å². The second-order valence-corrected chi connectivity index (χ2v) is 5.24. The Bertz CT molecular complexity index is 606. The van der Waals surface area contributed by atoms with Crippen molar-refractivity contribution in [2.75, 3.05) is 7.11 Å². The fourth-order valence-electron chi connectivity index (χ4n) is 1.88. The van der Waals surface area contributed by atoms with Gasteiger partial charge in [0.1, 0.15) is 11.6 Å². The molecule has 0 heterocycles. The number of hydrogen-bond donors (Lipinski definition) is 1. The molecular formula is C14H12BrClFNO. The monoisotopic (exact) mass is 343 g/mol. The Morgan fingerprint density at radius 3 is 2.68 bits per heavy atom. The SMILES string of the molecule is COc1ccc(F)cc1C(N)c1cccc(Br)c1Cl. The minimum Gasteiger partial charge on any atom is -0.496 e. The summed E-state index contributed by atoms with van der Waals surface area (Å²) in [5.74, 6) is 0.169. The molecule has 0 aliphatic heterocycles. The Hall–Kier alpha value is -1.10. The zero-order valence-electron chi connectivity index (χ0n) is 10.2. The van der Waals surface area contributed by atoms with Crippen LogP contribution in [0, 0.1) is 5.82 Å². The predicted molar refractivity (Wildman–Crippen MR) is 78.1 cm³/mol. The normalized spacial score (nSPS) is 12.3. The zero-order chi connectivity index (χ0) is 14.0. The highest BCUT2D eigenvalue weighted by Crippen LogP contribution is 2.35. The summed E-state index contributed by atoms with van der Waals surface area (Å²) in [4.78, 5) is 0. The van der Waals surface area contributed by atoms with Gasteiger partial charge in [-0.3, -0.25) is 0 Å². The van der Waals surface area contributed by atoms with Crippen LogP contribution in [0.3, 0.4) is 0 Å². The second-order valence-electron chi connectivity index (χ2n) is 4.01. The van der Waals surface area contributed by atoms with Crippen molar-refractivity contribution in [2.45, 2.75) is 6.04 Å². The molecule has 0 aliphatic rings. The summed E-state index contributed by atoms with van der Waals surface area (Å²) in [6.07, 6.45) is 0. The average molecular weight is 345 g/mol. The molecule has 5 heteroatoms. The molecule has 100 valence electrons. The van der Waals surface area contributed by atoms with E-state index < -0.39 is 6.04 Å². The van der Waals surface area contributed by atoms with Gasteiger partial charge < -0.3 is 10.5 Å². The lowest BCUT2D eigenvalue weighted by molar-refractivity contribution is 0.406. The van der Waals surface area contributed by atoms with E-state index in [9.17, 15) is 4.39 Å². The summed E-state index contributed by atoms with van der Waals surface area (Å²) < 4.78 is 19.3. The van der Waals surface area contributed by atoms with E-state index in [2.05, 4.69) is 15.9 Å². The second kappa shape index (κ2) is 5.90. The van der Waals surface area contributed by atoms with Crippen molar-refractivity contribution in [3.63, 3.8) is 0 Å². The minimum atomic E-state index is -0.560. The van der Waals surface area contributed by atoms with Crippen molar-refractivity contribution in [3.8, 4) is 5.75 Å². The molecule has 2 N–H and O–H groups in total. The molecule has 1 unspecified atom stereocenters. The van der Waals surface area contributed by atoms with Crippen molar-refractivity contribution >= 4 is 27.5 Å². The number of ether oxygens (including phenoxy) is 1. The fourth-order valence-corrected chi connectivity index (χ4v) is 2.50. The molecule has 0 spiro atoms. The minimum absolute atomic E-state index is 0.364. The molecule has 0 saturated heterocycles. The summed E-state index contributed by atoms with van der Waals surface area (Å²) in [5, 5.41) is 0.515. The summed E-state index contributed by atoms with van der Waals surface area (Å²) in [5.41, 5.74) is 7.45. The van der Waals surface area contributed by atoms with Crippen LogP contribution in [0.15, 0.2) is 40.9 Å². The summed E-state index contributed by atoms with van der Waals surface area (Å²) >= 11 is 9.56. The number of benzene rings is 2. The van der Waals surface area contributed by atoms with E-state index in [0.717, 1.165) is 4.47 Å². The van der Waals surface area contributed by atoms with Gasteiger partial charge in [0.2, 0.25) is 0 Å². The smallest absolute Gasteiger partial charge is 0.124 e. The van der Waals surface area contributed by atoms with Crippen LogP contribution in [-0.4, -0.2) is 7.11 Å². The largest absolute Gasteiger partial charge is 0.496 e. The Balaban J connectivity index is 2.52. The van der Waals surface area contributed by atoms with Crippen LogP contribution in [0.5, 0.6) is 5.75 Å². The van der Waals surface area contributed by atoms with Gasteiger partial charge in [0.15, 0.2) is 0 Å². The first-order valence-corrected chi connectivity index (χ1v) is 6.74. The van der Waals surface area contributed by atoms with Gasteiger partial charge in [-0.05, 0) is 45.8 Å². The van der Waals surface area contributed by atoms with Crippen LogP contribution in [0.25, 0.3) is 0 Å². The molecule has 0 aliphatic carbocycles. The van der Waals surface area contributed by atoms with Gasteiger partial charge in [-0.1, -0.05) is 23.7 Å². The lowest BCUT2D eigenvalue weighted by Gasteiger charge is -2.18. The van der Waals surface area contributed by atoms with Gasteiger partial charge in [0, 0.05) is 10.0 Å². The first-order valence-electron chi connectivity index (χ1n) is 5.57. The molecule has 0 aromatic heterocycles. The lowest BCUT2D eigenvalue weighted by atomic mass is 9.98. The molecular weight excluding hydrogens is 333 g/mol. The van der Waals surface area contributed by atoms with Crippen LogP contribution in [0.4, 0.5) is 4.39 Å². The molecule has 2 aromatic rings. The summed E-state index contributed by atoms with van der Waals surface area (Å²) in [6.45, 7) is 0. The third-order valence-corrected chi connectivity index (χ3v) is 4.15. The average Bonchev–Trinajstić information content (AvgIpc) is 2.41. The number of methoxy groups -OCH3 is 1. The van der Waals surface area contributed by atoms with E-state index in [4.69, 9.17) is 22.1 Å². The Labute approximate surface area is 124 Å². The molecule has 0 radical (unpaired) electrons.